The molecule has 41 heavy (non-hydrogen) atoms. The van der Waals surface area contributed by atoms with E-state index in [9.17, 15) is 14.4 Å². The Hall–Kier alpha value is -2.70. The van der Waals surface area contributed by atoms with Gasteiger partial charge in [0, 0.05) is 73.0 Å². The summed E-state index contributed by atoms with van der Waals surface area (Å²) in [4.78, 5) is 52.6. The average molecular weight is 624 g/mol. The van der Waals surface area contributed by atoms with E-state index in [2.05, 4.69) is 32.5 Å². The van der Waals surface area contributed by atoms with E-state index in [1.165, 1.54) is 11.3 Å². The molecule has 0 bridgehead atoms. The summed E-state index contributed by atoms with van der Waals surface area (Å²) in [6.45, 7) is 2.64. The number of hydrogen-bond donors (Lipinski definition) is 3. The van der Waals surface area contributed by atoms with Gasteiger partial charge in [-0.15, -0.1) is 23.7 Å². The first-order valence-electron chi connectivity index (χ1n) is 13.5. The summed E-state index contributed by atoms with van der Waals surface area (Å²) in [7, 11) is 5.43. The minimum absolute atomic E-state index is 0. The highest BCUT2D eigenvalue weighted by molar-refractivity contribution is 7.13. The summed E-state index contributed by atoms with van der Waals surface area (Å²) in [5.41, 5.74) is 2.20. The Kier molecular flexibility index (Phi) is 10.3. The first-order valence-corrected chi connectivity index (χ1v) is 14.7. The monoisotopic (exact) mass is 622 g/mol. The number of amides is 3. The number of halogens is 2. The van der Waals surface area contributed by atoms with Crippen molar-refractivity contribution >= 4 is 64.0 Å². The molecule has 3 N–H and O–H groups in total. The van der Waals surface area contributed by atoms with Crippen LogP contribution < -0.4 is 10.6 Å². The normalized spacial score (nSPS) is 20.6. The van der Waals surface area contributed by atoms with Crippen LogP contribution in [0.25, 0.3) is 10.9 Å². The van der Waals surface area contributed by atoms with Gasteiger partial charge in [-0.05, 0) is 50.6 Å². The number of carbonyl (C=O) groups excluding carboxylic acids is 3. The Morgan fingerprint density at radius 2 is 1.98 bits per heavy atom. The van der Waals surface area contributed by atoms with E-state index in [1.807, 2.05) is 6.07 Å². The van der Waals surface area contributed by atoms with Gasteiger partial charge in [-0.1, -0.05) is 11.6 Å². The maximum Gasteiger partial charge on any atom is 0.280 e. The fourth-order valence-corrected chi connectivity index (χ4v) is 6.77. The number of carbonyl (C=O) groups is 3. The van der Waals surface area contributed by atoms with Crippen LogP contribution in [0.15, 0.2) is 24.3 Å². The molecule has 0 saturated heterocycles. The molecule has 1 fully saturated rings. The van der Waals surface area contributed by atoms with Crippen molar-refractivity contribution in [3.05, 3.63) is 50.6 Å². The van der Waals surface area contributed by atoms with Gasteiger partial charge in [0.2, 0.25) is 5.91 Å². The van der Waals surface area contributed by atoms with Crippen LogP contribution in [0.2, 0.25) is 5.02 Å². The molecule has 3 amide bonds. The Bertz CT molecular complexity index is 1410. The topological polar surface area (TPSA) is 120 Å². The quantitative estimate of drug-likeness (QED) is 0.354. The van der Waals surface area contributed by atoms with Gasteiger partial charge < -0.3 is 30.2 Å². The van der Waals surface area contributed by atoms with E-state index in [-0.39, 0.29) is 42.1 Å². The molecule has 5 rings (SSSR count). The lowest BCUT2D eigenvalue weighted by molar-refractivity contribution is -0.136. The van der Waals surface area contributed by atoms with E-state index in [0.29, 0.717) is 48.1 Å². The number of aromatic nitrogens is 2. The van der Waals surface area contributed by atoms with Crippen LogP contribution in [-0.2, 0) is 22.5 Å². The highest BCUT2D eigenvalue weighted by Crippen LogP contribution is 2.29. The van der Waals surface area contributed by atoms with Gasteiger partial charge in [0.25, 0.3) is 11.8 Å². The first-order chi connectivity index (χ1) is 19.2. The van der Waals surface area contributed by atoms with Crippen molar-refractivity contribution in [1.82, 2.24) is 30.4 Å². The summed E-state index contributed by atoms with van der Waals surface area (Å²) in [5.74, 6) is -0.797. The molecule has 0 spiro atoms. The van der Waals surface area contributed by atoms with Crippen molar-refractivity contribution in [2.45, 2.75) is 44.3 Å². The zero-order chi connectivity index (χ0) is 28.4. The Morgan fingerprint density at radius 3 is 2.76 bits per heavy atom. The van der Waals surface area contributed by atoms with Crippen LogP contribution in [0, 0.1) is 5.92 Å². The third-order valence-corrected chi connectivity index (χ3v) is 9.10. The summed E-state index contributed by atoms with van der Waals surface area (Å²) >= 11 is 7.53. The van der Waals surface area contributed by atoms with E-state index < -0.39 is 6.04 Å². The van der Waals surface area contributed by atoms with Gasteiger partial charge >= 0.3 is 0 Å². The van der Waals surface area contributed by atoms with Crippen molar-refractivity contribution in [2.75, 3.05) is 40.9 Å². The number of aromatic amines is 1. The van der Waals surface area contributed by atoms with Crippen molar-refractivity contribution in [3.8, 4) is 0 Å². The van der Waals surface area contributed by atoms with Crippen molar-refractivity contribution in [3.63, 3.8) is 0 Å². The van der Waals surface area contributed by atoms with Crippen LogP contribution in [0.3, 0.4) is 0 Å². The fraction of sp³-hybridized carbons (Fsp3) is 0.500. The number of thiazole rings is 1. The van der Waals surface area contributed by atoms with Crippen molar-refractivity contribution in [2.24, 2.45) is 5.92 Å². The first kappa shape index (κ1) is 31.2. The standard InChI is InChI=1S/C28H35ClN6O4S.ClH/c1-34-9-8-21-24(15-34)40-27(33-21)26(37)32-22-13-16(28(38)35(2)10-11-39-3)4-6-20(22)31-25(36)23-14-17-12-18(29)5-7-19(17)30-23;/h5,7,12,14,16,20,22,30H,4,6,8-11,13,15H2,1-3H3,(H,31,36)(H,32,37);1H. The molecule has 2 aliphatic rings. The molecule has 3 atom stereocenters. The molecule has 2 aromatic heterocycles. The Morgan fingerprint density at radius 1 is 1.20 bits per heavy atom. The predicted octanol–water partition coefficient (Wildman–Crippen LogP) is 3.49. The zero-order valence-corrected chi connectivity index (χ0v) is 25.8. The largest absolute Gasteiger partial charge is 0.383 e. The molecule has 0 radical (unpaired) electrons. The maximum atomic E-state index is 13.4. The maximum absolute atomic E-state index is 13.4. The minimum atomic E-state index is -0.433. The number of nitrogens with one attached hydrogen (secondary N) is 3. The molecule has 3 unspecified atom stereocenters. The highest BCUT2D eigenvalue weighted by atomic mass is 35.5. The fourth-order valence-electron chi connectivity index (χ4n) is 5.50. The third-order valence-electron chi connectivity index (χ3n) is 7.78. The summed E-state index contributed by atoms with van der Waals surface area (Å²) < 4.78 is 5.13. The van der Waals surface area contributed by atoms with Gasteiger partial charge in [0.15, 0.2) is 5.01 Å². The molecule has 1 aliphatic heterocycles. The van der Waals surface area contributed by atoms with Gasteiger partial charge in [-0.2, -0.15) is 0 Å². The number of fused-ring (bicyclic) bond motifs is 2. The van der Waals surface area contributed by atoms with E-state index in [4.69, 9.17) is 16.3 Å². The molecular weight excluding hydrogens is 587 g/mol. The smallest absolute Gasteiger partial charge is 0.280 e. The second kappa shape index (κ2) is 13.5. The van der Waals surface area contributed by atoms with Crippen LogP contribution in [0.5, 0.6) is 0 Å². The number of ether oxygens (including phenoxy) is 1. The van der Waals surface area contributed by atoms with Crippen LogP contribution in [0.4, 0.5) is 0 Å². The molecule has 1 aromatic carbocycles. The molecule has 13 heteroatoms. The summed E-state index contributed by atoms with van der Waals surface area (Å²) in [6, 6.07) is 6.39. The zero-order valence-electron chi connectivity index (χ0n) is 23.4. The number of nitrogens with zero attached hydrogens (tertiary/aromatic N) is 3. The number of benzene rings is 1. The second-order valence-electron chi connectivity index (χ2n) is 10.7. The van der Waals surface area contributed by atoms with Gasteiger partial charge in [-0.3, -0.25) is 14.4 Å². The van der Waals surface area contributed by atoms with Gasteiger partial charge in [-0.25, -0.2) is 4.98 Å². The molecule has 1 saturated carbocycles. The van der Waals surface area contributed by atoms with Crippen LogP contribution in [0.1, 0.15) is 50.1 Å². The Labute approximate surface area is 254 Å². The highest BCUT2D eigenvalue weighted by Gasteiger charge is 2.37. The molecule has 10 nitrogen and oxygen atoms in total. The lowest BCUT2D eigenvalue weighted by Crippen LogP contribution is -2.56. The van der Waals surface area contributed by atoms with Crippen LogP contribution in [-0.4, -0.2) is 90.5 Å². The number of methoxy groups -OCH3 is 1. The van der Waals surface area contributed by atoms with E-state index >= 15 is 0 Å². The summed E-state index contributed by atoms with van der Waals surface area (Å²) in [6.07, 6.45) is 2.39. The lowest BCUT2D eigenvalue weighted by atomic mass is 9.81. The van der Waals surface area contributed by atoms with E-state index in [0.717, 1.165) is 41.0 Å². The third kappa shape index (κ3) is 7.21. The average Bonchev–Trinajstić information content (AvgIpc) is 3.56. The summed E-state index contributed by atoms with van der Waals surface area (Å²) in [5, 5.41) is 8.08. The number of H-pyrrole nitrogens is 1. The molecule has 3 aromatic rings. The second-order valence-corrected chi connectivity index (χ2v) is 12.2. The number of rotatable bonds is 8. The molecule has 3 heterocycles. The number of likely N-dealkylation sites (N-methyl/N-ethyl adjacent to an activating group) is 2. The lowest BCUT2D eigenvalue weighted by Gasteiger charge is -2.37. The van der Waals surface area contributed by atoms with Crippen LogP contribution >= 0.6 is 35.3 Å². The SMILES string of the molecule is COCCN(C)C(=O)C1CCC(NC(=O)c2cc3cc(Cl)ccc3[nH]2)C(NC(=O)c2nc3c(s2)CN(C)CC3)C1.Cl. The number of hydrogen-bond acceptors (Lipinski definition) is 7. The van der Waals surface area contributed by atoms with Gasteiger partial charge in [0.1, 0.15) is 5.69 Å². The Balaban J connectivity index is 0.00000387. The molecular formula is C28H36Cl2N6O4S. The van der Waals surface area contributed by atoms with Crippen molar-refractivity contribution in [1.29, 1.82) is 0 Å². The molecule has 222 valence electrons. The van der Waals surface area contributed by atoms with Crippen molar-refractivity contribution < 1.29 is 19.1 Å². The van der Waals surface area contributed by atoms with Gasteiger partial charge in [0.05, 0.1) is 18.3 Å². The minimum Gasteiger partial charge on any atom is -0.383 e. The van der Waals surface area contributed by atoms with E-state index in [1.54, 1.807) is 37.3 Å². The predicted molar refractivity (Wildman–Crippen MR) is 162 cm³/mol. The molecule has 1 aliphatic carbocycles.